The first-order valence-electron chi connectivity index (χ1n) is 9.85. The molecule has 4 heterocycles. The Labute approximate surface area is 178 Å². The molecule has 2 amide bonds. The monoisotopic (exact) mass is 425 g/mol. The van der Waals surface area contributed by atoms with Crippen molar-refractivity contribution in [1.29, 1.82) is 0 Å². The van der Waals surface area contributed by atoms with E-state index in [2.05, 4.69) is 25.5 Å². The third-order valence-corrected chi connectivity index (χ3v) is 5.75. The highest BCUT2D eigenvalue weighted by atomic mass is 32.1. The summed E-state index contributed by atoms with van der Waals surface area (Å²) >= 11 is 1.29. The van der Waals surface area contributed by atoms with E-state index in [1.165, 1.54) is 30.4 Å². The number of carbonyl (C=O) groups excluding carboxylic acids is 2. The molecule has 2 N–H and O–H groups in total. The zero-order valence-electron chi connectivity index (χ0n) is 16.7. The maximum Gasteiger partial charge on any atom is 0.260 e. The molecule has 0 spiro atoms. The van der Waals surface area contributed by atoms with Gasteiger partial charge < -0.3 is 14.6 Å². The molecule has 1 fully saturated rings. The molecular weight excluding hydrogens is 402 g/mol. The number of aromatic nitrogens is 2. The van der Waals surface area contributed by atoms with E-state index in [1.807, 2.05) is 12.1 Å². The topological polar surface area (TPSA) is 100 Å². The van der Waals surface area contributed by atoms with Crippen molar-refractivity contribution in [2.24, 2.45) is 0 Å². The van der Waals surface area contributed by atoms with Crippen LogP contribution in [0.2, 0.25) is 0 Å². The number of pyridine rings is 1. The Morgan fingerprint density at radius 1 is 1.27 bits per heavy atom. The number of rotatable bonds is 7. The zero-order valence-corrected chi connectivity index (χ0v) is 17.5. The van der Waals surface area contributed by atoms with E-state index in [9.17, 15) is 9.59 Å². The number of furan rings is 1. The first-order valence-corrected chi connectivity index (χ1v) is 10.7. The van der Waals surface area contributed by atoms with Gasteiger partial charge in [0.05, 0.1) is 23.9 Å². The van der Waals surface area contributed by atoms with Gasteiger partial charge in [0.25, 0.3) is 5.91 Å². The molecule has 1 aliphatic heterocycles. The van der Waals surface area contributed by atoms with Crippen LogP contribution < -0.4 is 15.5 Å². The molecule has 8 nitrogen and oxygen atoms in total. The second-order valence-electron chi connectivity index (χ2n) is 7.16. The highest BCUT2D eigenvalue weighted by Gasteiger charge is 2.15. The van der Waals surface area contributed by atoms with Gasteiger partial charge in [-0.25, -0.2) is 9.97 Å². The van der Waals surface area contributed by atoms with Crippen molar-refractivity contribution in [2.75, 3.05) is 23.3 Å². The van der Waals surface area contributed by atoms with Crippen LogP contribution in [-0.2, 0) is 17.8 Å². The average molecular weight is 426 g/mol. The number of thiazole rings is 1. The Morgan fingerprint density at radius 2 is 2.10 bits per heavy atom. The molecule has 0 unspecified atom stereocenters. The smallest absolute Gasteiger partial charge is 0.260 e. The lowest BCUT2D eigenvalue weighted by Crippen LogP contribution is -2.25. The summed E-state index contributed by atoms with van der Waals surface area (Å²) in [6, 6.07) is 5.55. The minimum Gasteiger partial charge on any atom is -0.469 e. The number of nitrogens with zero attached hydrogens (tertiary/aromatic N) is 3. The normalized spacial score (nSPS) is 13.4. The second kappa shape index (κ2) is 9.08. The zero-order chi connectivity index (χ0) is 20.9. The maximum atomic E-state index is 12.3. The van der Waals surface area contributed by atoms with Gasteiger partial charge >= 0.3 is 0 Å². The summed E-state index contributed by atoms with van der Waals surface area (Å²) in [7, 11) is 0. The van der Waals surface area contributed by atoms with Crippen LogP contribution in [0.1, 0.15) is 40.2 Å². The number of hydrogen-bond donors (Lipinski definition) is 2. The number of amides is 2. The fraction of sp³-hybridized carbons (Fsp3) is 0.333. The van der Waals surface area contributed by atoms with Crippen LogP contribution in [0.15, 0.2) is 40.5 Å². The molecule has 0 atom stereocenters. The van der Waals surface area contributed by atoms with E-state index in [4.69, 9.17) is 4.42 Å². The highest BCUT2D eigenvalue weighted by Crippen LogP contribution is 2.20. The van der Waals surface area contributed by atoms with Gasteiger partial charge in [0.2, 0.25) is 5.91 Å². The molecule has 30 heavy (non-hydrogen) atoms. The Bertz CT molecular complexity index is 1040. The molecule has 1 aliphatic rings. The maximum absolute atomic E-state index is 12.3. The van der Waals surface area contributed by atoms with Crippen molar-refractivity contribution >= 4 is 34.1 Å². The Hall–Kier alpha value is -3.20. The third-order valence-electron chi connectivity index (χ3n) is 4.95. The van der Waals surface area contributed by atoms with Crippen LogP contribution in [-0.4, -0.2) is 34.9 Å². The summed E-state index contributed by atoms with van der Waals surface area (Å²) in [5.41, 5.74) is 2.10. The van der Waals surface area contributed by atoms with E-state index in [0.29, 0.717) is 28.7 Å². The van der Waals surface area contributed by atoms with Gasteiger partial charge in [-0.05, 0) is 43.5 Å². The van der Waals surface area contributed by atoms with Gasteiger partial charge in [0, 0.05) is 31.2 Å². The molecule has 9 heteroatoms. The van der Waals surface area contributed by atoms with Crippen molar-refractivity contribution in [3.05, 3.63) is 58.6 Å². The Morgan fingerprint density at radius 3 is 2.87 bits per heavy atom. The van der Waals surface area contributed by atoms with E-state index in [1.54, 1.807) is 24.6 Å². The van der Waals surface area contributed by atoms with E-state index < -0.39 is 0 Å². The third kappa shape index (κ3) is 4.85. The Kier molecular flexibility index (Phi) is 6.08. The number of hydrogen-bond acceptors (Lipinski definition) is 7. The minimum absolute atomic E-state index is 0.122. The number of anilines is 2. The molecule has 0 aromatic carbocycles. The van der Waals surface area contributed by atoms with Gasteiger partial charge in [-0.2, -0.15) is 0 Å². The molecule has 156 valence electrons. The van der Waals surface area contributed by atoms with Crippen molar-refractivity contribution < 1.29 is 14.0 Å². The van der Waals surface area contributed by atoms with E-state index in [0.717, 1.165) is 24.5 Å². The summed E-state index contributed by atoms with van der Waals surface area (Å²) in [5, 5.41) is 7.88. The molecule has 1 saturated heterocycles. The summed E-state index contributed by atoms with van der Waals surface area (Å²) in [6.07, 6.45) is 5.80. The lowest BCUT2D eigenvalue weighted by Gasteiger charge is -2.16. The van der Waals surface area contributed by atoms with E-state index in [-0.39, 0.29) is 18.2 Å². The molecule has 0 radical (unpaired) electrons. The highest BCUT2D eigenvalue weighted by molar-refractivity contribution is 7.14. The fourth-order valence-corrected chi connectivity index (χ4v) is 4.05. The SMILES string of the molecule is Cc1occc1C(=O)Nc1nc(CC(=O)NCc2ccnc(N3CCCC3)c2)cs1. The van der Waals surface area contributed by atoms with Crippen LogP contribution in [0.4, 0.5) is 10.9 Å². The van der Waals surface area contributed by atoms with Crippen LogP contribution >= 0.6 is 11.3 Å². The molecule has 3 aromatic heterocycles. The largest absolute Gasteiger partial charge is 0.469 e. The predicted molar refractivity (Wildman–Crippen MR) is 115 cm³/mol. The molecule has 0 aliphatic carbocycles. The second-order valence-corrected chi connectivity index (χ2v) is 8.02. The lowest BCUT2D eigenvalue weighted by molar-refractivity contribution is -0.120. The van der Waals surface area contributed by atoms with Gasteiger partial charge in [-0.15, -0.1) is 11.3 Å². The first-order chi connectivity index (χ1) is 14.6. The summed E-state index contributed by atoms with van der Waals surface area (Å²) in [6.45, 7) is 4.23. The molecule has 0 bridgehead atoms. The predicted octanol–water partition coefficient (Wildman–Crippen LogP) is 3.15. The molecule has 0 saturated carbocycles. The first kappa shape index (κ1) is 20.1. The number of aryl methyl sites for hydroxylation is 1. The average Bonchev–Trinajstić information content (AvgIpc) is 3.49. The van der Waals surface area contributed by atoms with Crippen LogP contribution in [0.3, 0.4) is 0 Å². The molecular formula is C21H23N5O3S. The van der Waals surface area contributed by atoms with Crippen molar-refractivity contribution in [3.8, 4) is 0 Å². The standard InChI is InChI=1S/C21H23N5O3S/c1-14-17(5-9-29-14)20(28)25-21-24-16(13-30-21)11-19(27)23-12-15-4-6-22-18(10-15)26-7-2-3-8-26/h4-6,9-10,13H,2-3,7-8,11-12H2,1H3,(H,23,27)(H,24,25,28). The fourth-order valence-electron chi connectivity index (χ4n) is 3.35. The Balaban J connectivity index is 1.28. The summed E-state index contributed by atoms with van der Waals surface area (Å²) in [4.78, 5) is 35.6. The summed E-state index contributed by atoms with van der Waals surface area (Å²) in [5.74, 6) is 1.11. The minimum atomic E-state index is -0.280. The van der Waals surface area contributed by atoms with Gasteiger partial charge in [-0.1, -0.05) is 0 Å². The number of carbonyl (C=O) groups is 2. The van der Waals surface area contributed by atoms with Crippen LogP contribution in [0.25, 0.3) is 0 Å². The van der Waals surface area contributed by atoms with Crippen molar-refractivity contribution in [2.45, 2.75) is 32.7 Å². The van der Waals surface area contributed by atoms with Gasteiger partial charge in [0.15, 0.2) is 5.13 Å². The molecule has 4 rings (SSSR count). The van der Waals surface area contributed by atoms with E-state index >= 15 is 0 Å². The van der Waals surface area contributed by atoms with Crippen LogP contribution in [0.5, 0.6) is 0 Å². The van der Waals surface area contributed by atoms with Crippen molar-refractivity contribution in [1.82, 2.24) is 15.3 Å². The van der Waals surface area contributed by atoms with Gasteiger partial charge in [-0.3, -0.25) is 14.9 Å². The molecule has 3 aromatic rings. The summed E-state index contributed by atoms with van der Waals surface area (Å²) < 4.78 is 5.14. The van der Waals surface area contributed by atoms with Crippen molar-refractivity contribution in [3.63, 3.8) is 0 Å². The quantitative estimate of drug-likeness (QED) is 0.603. The lowest BCUT2D eigenvalue weighted by atomic mass is 10.2. The van der Waals surface area contributed by atoms with Gasteiger partial charge in [0.1, 0.15) is 11.6 Å². The van der Waals surface area contributed by atoms with Crippen LogP contribution in [0, 0.1) is 6.92 Å². The number of nitrogens with one attached hydrogen (secondary N) is 2.